The molecule has 148 valence electrons. The Morgan fingerprint density at radius 3 is 2.71 bits per heavy atom. The van der Waals surface area contributed by atoms with E-state index in [1.807, 2.05) is 31.2 Å². The first-order chi connectivity index (χ1) is 13.6. The first-order valence-electron chi connectivity index (χ1n) is 9.74. The molecule has 1 N–H and O–H groups in total. The molecular weight excluding hydrogens is 358 g/mol. The summed E-state index contributed by atoms with van der Waals surface area (Å²) in [5, 5.41) is 0. The van der Waals surface area contributed by atoms with E-state index in [2.05, 4.69) is 4.98 Å². The molecule has 0 saturated carbocycles. The quantitative estimate of drug-likeness (QED) is 0.799. The highest BCUT2D eigenvalue weighted by Gasteiger charge is 2.32. The Morgan fingerprint density at radius 2 is 2.04 bits per heavy atom. The molecule has 0 bridgehead atoms. The van der Waals surface area contributed by atoms with Gasteiger partial charge in [0.15, 0.2) is 5.78 Å². The van der Waals surface area contributed by atoms with E-state index >= 15 is 0 Å². The zero-order valence-corrected chi connectivity index (χ0v) is 16.2. The van der Waals surface area contributed by atoms with Gasteiger partial charge in [0, 0.05) is 24.3 Å². The van der Waals surface area contributed by atoms with E-state index in [1.165, 1.54) is 0 Å². The van der Waals surface area contributed by atoms with E-state index < -0.39 is 5.97 Å². The number of rotatable bonds is 5. The van der Waals surface area contributed by atoms with Crippen LogP contribution in [0, 0.1) is 6.92 Å². The van der Waals surface area contributed by atoms with Gasteiger partial charge in [0.05, 0.1) is 13.2 Å². The summed E-state index contributed by atoms with van der Waals surface area (Å²) in [6, 6.07) is 7.80. The lowest BCUT2D eigenvalue weighted by atomic mass is 9.81. The molecule has 1 fully saturated rings. The summed E-state index contributed by atoms with van der Waals surface area (Å²) in [7, 11) is 1.63. The van der Waals surface area contributed by atoms with E-state index in [0.717, 1.165) is 36.5 Å². The topological polar surface area (TPSA) is 77.6 Å². The summed E-state index contributed by atoms with van der Waals surface area (Å²) in [6.07, 6.45) is 3.01. The van der Waals surface area contributed by atoms with Gasteiger partial charge in [0.25, 0.3) is 0 Å². The van der Waals surface area contributed by atoms with Crippen LogP contribution in [0.3, 0.4) is 0 Å². The van der Waals surface area contributed by atoms with Crippen molar-refractivity contribution in [2.24, 2.45) is 0 Å². The second kappa shape index (κ2) is 7.80. The smallest absolute Gasteiger partial charge is 0.355 e. The molecule has 0 spiro atoms. The number of methoxy groups -OCH3 is 1. The maximum atomic E-state index is 12.8. The second-order valence-electron chi connectivity index (χ2n) is 7.51. The largest absolute Gasteiger partial charge is 0.497 e. The Bertz CT molecular complexity index is 877. The Kier molecular flexibility index (Phi) is 5.22. The number of benzene rings is 1. The number of ether oxygens (including phenoxy) is 3. The molecule has 28 heavy (non-hydrogen) atoms. The number of Topliss-reactive ketones (excluding diaryl/α,β-unsaturated/α-hetero) is 1. The summed E-state index contributed by atoms with van der Waals surface area (Å²) in [5.74, 6) is 0.517. The zero-order chi connectivity index (χ0) is 19.7. The van der Waals surface area contributed by atoms with Crippen LogP contribution in [-0.2, 0) is 15.9 Å². The number of ketones is 1. The standard InChI is InChI=1S/C22H25NO5/c1-13-20-18(23-21(13)22(25)28-12-17-4-3-9-27-17)10-15(11-19(20)24)14-5-7-16(26-2)8-6-14/h5-8,15,17,23H,3-4,9-12H2,1-2H3/t15-,17-/m0/s1. The average molecular weight is 383 g/mol. The summed E-state index contributed by atoms with van der Waals surface area (Å²) in [5.41, 5.74) is 3.62. The molecule has 0 unspecified atom stereocenters. The van der Waals surface area contributed by atoms with Crippen molar-refractivity contribution in [3.05, 3.63) is 52.3 Å². The molecule has 4 rings (SSSR count). The Balaban J connectivity index is 1.51. The van der Waals surface area contributed by atoms with Crippen LogP contribution in [0.5, 0.6) is 5.75 Å². The van der Waals surface area contributed by atoms with Gasteiger partial charge >= 0.3 is 5.97 Å². The zero-order valence-electron chi connectivity index (χ0n) is 16.2. The van der Waals surface area contributed by atoms with Crippen LogP contribution in [0.1, 0.15) is 62.8 Å². The molecule has 1 aliphatic heterocycles. The van der Waals surface area contributed by atoms with Crippen LogP contribution in [0.15, 0.2) is 24.3 Å². The second-order valence-corrected chi connectivity index (χ2v) is 7.51. The van der Waals surface area contributed by atoms with Crippen molar-refractivity contribution in [3.63, 3.8) is 0 Å². The highest BCUT2D eigenvalue weighted by atomic mass is 16.6. The van der Waals surface area contributed by atoms with E-state index in [4.69, 9.17) is 14.2 Å². The summed E-state index contributed by atoms with van der Waals surface area (Å²) in [6.45, 7) is 2.78. The highest BCUT2D eigenvalue weighted by molar-refractivity contribution is 6.03. The highest BCUT2D eigenvalue weighted by Crippen LogP contribution is 2.35. The van der Waals surface area contributed by atoms with E-state index in [1.54, 1.807) is 7.11 Å². The van der Waals surface area contributed by atoms with Crippen molar-refractivity contribution in [1.82, 2.24) is 4.98 Å². The number of nitrogens with one attached hydrogen (secondary N) is 1. The lowest BCUT2D eigenvalue weighted by molar-refractivity contribution is 0.0156. The number of carbonyl (C=O) groups excluding carboxylic acids is 2. The van der Waals surface area contributed by atoms with Crippen LogP contribution in [-0.4, -0.2) is 43.2 Å². The maximum absolute atomic E-state index is 12.8. The van der Waals surface area contributed by atoms with Gasteiger partial charge in [-0.2, -0.15) is 0 Å². The summed E-state index contributed by atoms with van der Waals surface area (Å²) >= 11 is 0. The number of fused-ring (bicyclic) bond motifs is 1. The van der Waals surface area contributed by atoms with Crippen molar-refractivity contribution >= 4 is 11.8 Å². The molecule has 1 aliphatic carbocycles. The molecule has 6 heteroatoms. The Labute approximate surface area is 164 Å². The molecule has 2 atom stereocenters. The molecule has 1 aromatic carbocycles. The van der Waals surface area contributed by atoms with Gasteiger partial charge in [0.2, 0.25) is 0 Å². The minimum Gasteiger partial charge on any atom is -0.497 e. The Hall–Kier alpha value is -2.60. The first kappa shape index (κ1) is 18.7. The van der Waals surface area contributed by atoms with Gasteiger partial charge in [-0.25, -0.2) is 4.79 Å². The number of hydrogen-bond donors (Lipinski definition) is 1. The van der Waals surface area contributed by atoms with Crippen molar-refractivity contribution in [3.8, 4) is 5.75 Å². The van der Waals surface area contributed by atoms with Crippen LogP contribution < -0.4 is 4.74 Å². The average Bonchev–Trinajstić information content (AvgIpc) is 3.34. The number of esters is 1. The fourth-order valence-electron chi connectivity index (χ4n) is 4.17. The number of H-pyrrole nitrogens is 1. The molecule has 6 nitrogen and oxygen atoms in total. The first-order valence-corrected chi connectivity index (χ1v) is 9.74. The molecule has 2 aromatic rings. The fraction of sp³-hybridized carbons (Fsp3) is 0.455. The van der Waals surface area contributed by atoms with Gasteiger partial charge < -0.3 is 19.2 Å². The molecular formula is C22H25NO5. The number of carbonyl (C=O) groups is 2. The van der Waals surface area contributed by atoms with Gasteiger partial charge in [0.1, 0.15) is 18.1 Å². The van der Waals surface area contributed by atoms with Gasteiger partial charge in [-0.05, 0) is 55.4 Å². The molecule has 2 heterocycles. The van der Waals surface area contributed by atoms with E-state index in [9.17, 15) is 9.59 Å². The van der Waals surface area contributed by atoms with Crippen LogP contribution in [0.25, 0.3) is 0 Å². The van der Waals surface area contributed by atoms with Crippen molar-refractivity contribution in [1.29, 1.82) is 0 Å². The molecule has 0 radical (unpaired) electrons. The maximum Gasteiger partial charge on any atom is 0.355 e. The fourth-order valence-corrected chi connectivity index (χ4v) is 4.17. The van der Waals surface area contributed by atoms with Crippen molar-refractivity contribution < 1.29 is 23.8 Å². The lowest BCUT2D eigenvalue weighted by Crippen LogP contribution is -2.18. The monoisotopic (exact) mass is 383 g/mol. The summed E-state index contributed by atoms with van der Waals surface area (Å²) in [4.78, 5) is 28.5. The van der Waals surface area contributed by atoms with Gasteiger partial charge in [-0.1, -0.05) is 12.1 Å². The van der Waals surface area contributed by atoms with Crippen LogP contribution in [0.2, 0.25) is 0 Å². The predicted molar refractivity (Wildman–Crippen MR) is 103 cm³/mol. The summed E-state index contributed by atoms with van der Waals surface area (Å²) < 4.78 is 16.1. The lowest BCUT2D eigenvalue weighted by Gasteiger charge is -2.22. The normalized spacial score (nSPS) is 21.4. The SMILES string of the molecule is COc1ccc([C@@H]2CC(=O)c3c([nH]c(C(=O)OC[C@@H]4CCCO4)c3C)C2)cc1. The molecule has 1 saturated heterocycles. The number of aromatic nitrogens is 1. The van der Waals surface area contributed by atoms with Gasteiger partial charge in [-0.3, -0.25) is 4.79 Å². The van der Waals surface area contributed by atoms with Crippen molar-refractivity contribution in [2.45, 2.75) is 44.6 Å². The molecule has 0 amide bonds. The minimum atomic E-state index is -0.420. The van der Waals surface area contributed by atoms with E-state index in [-0.39, 0.29) is 24.4 Å². The predicted octanol–water partition coefficient (Wildman–Crippen LogP) is 3.58. The van der Waals surface area contributed by atoms with Crippen molar-refractivity contribution in [2.75, 3.05) is 20.3 Å². The third-order valence-corrected chi connectivity index (χ3v) is 5.70. The molecule has 1 aromatic heterocycles. The van der Waals surface area contributed by atoms with Gasteiger partial charge in [-0.15, -0.1) is 0 Å². The number of aromatic amines is 1. The third-order valence-electron chi connectivity index (χ3n) is 5.70. The third kappa shape index (κ3) is 3.56. The van der Waals surface area contributed by atoms with E-state index in [0.29, 0.717) is 29.7 Å². The molecule has 2 aliphatic rings. The minimum absolute atomic E-state index is 0.0186. The Morgan fingerprint density at radius 1 is 1.25 bits per heavy atom. The van der Waals surface area contributed by atoms with Crippen LogP contribution >= 0.6 is 0 Å². The number of hydrogen-bond acceptors (Lipinski definition) is 5. The van der Waals surface area contributed by atoms with Crippen LogP contribution in [0.4, 0.5) is 0 Å².